The van der Waals surface area contributed by atoms with Gasteiger partial charge in [0.15, 0.2) is 5.82 Å². The first kappa shape index (κ1) is 20.0. The molecule has 0 radical (unpaired) electrons. The summed E-state index contributed by atoms with van der Waals surface area (Å²) in [5.74, 6) is -43.4. The van der Waals surface area contributed by atoms with Crippen LogP contribution in [0.2, 0.25) is 0 Å². The topological polar surface area (TPSA) is 0 Å². The van der Waals surface area contributed by atoms with E-state index in [0.717, 1.165) is 0 Å². The van der Waals surface area contributed by atoms with Crippen molar-refractivity contribution in [2.45, 2.75) is 35.3 Å². The Bertz CT molecular complexity index is 685. The van der Waals surface area contributed by atoms with Crippen LogP contribution < -0.4 is 0 Å². The molecule has 0 unspecified atom stereocenters. The number of alkyl halides is 11. The van der Waals surface area contributed by atoms with Crippen molar-refractivity contribution in [3.63, 3.8) is 0 Å². The van der Waals surface area contributed by atoms with E-state index in [1.807, 2.05) is 0 Å². The molecule has 0 amide bonds. The molecule has 15 heteroatoms. The minimum atomic E-state index is -7.49. The van der Waals surface area contributed by atoms with Crippen LogP contribution in [0.4, 0.5) is 61.5 Å². The van der Waals surface area contributed by atoms with Gasteiger partial charge in [0.05, 0.1) is 4.88 Å². The molecule has 1 saturated carbocycles. The molecule has 0 atom stereocenters. The van der Waals surface area contributed by atoms with Gasteiger partial charge in [0, 0.05) is 0 Å². The quantitative estimate of drug-likeness (QED) is 0.527. The standard InChI is InChI=1S/C10F14S/c11-1-2(12)4(13)25-3(1)5(14)6(15,16)8(19,20)10(23,24)9(21,22)7(5,17)18. The lowest BCUT2D eigenvalue weighted by Gasteiger charge is -2.52. The molecule has 1 aliphatic rings. The predicted molar refractivity (Wildman–Crippen MR) is 51.7 cm³/mol. The van der Waals surface area contributed by atoms with Gasteiger partial charge in [-0.25, -0.2) is 8.78 Å². The van der Waals surface area contributed by atoms with Crippen LogP contribution in [0.1, 0.15) is 4.88 Å². The van der Waals surface area contributed by atoms with Gasteiger partial charge in [-0.1, -0.05) is 0 Å². The Morgan fingerprint density at radius 2 is 0.800 bits per heavy atom. The fourth-order valence-electron chi connectivity index (χ4n) is 2.09. The highest BCUT2D eigenvalue weighted by molar-refractivity contribution is 7.10. The fourth-order valence-corrected chi connectivity index (χ4v) is 3.03. The second-order valence-corrected chi connectivity index (χ2v) is 5.83. The lowest BCUT2D eigenvalue weighted by molar-refractivity contribution is -0.489. The summed E-state index contributed by atoms with van der Waals surface area (Å²) in [6, 6.07) is 0. The molecule has 0 spiro atoms. The van der Waals surface area contributed by atoms with E-state index in [1.54, 1.807) is 0 Å². The molecule has 0 nitrogen and oxygen atoms in total. The molecule has 1 aliphatic carbocycles. The average Bonchev–Trinajstić information content (AvgIpc) is 2.72. The zero-order chi connectivity index (χ0) is 20.0. The first-order valence-corrected chi connectivity index (χ1v) is 6.37. The van der Waals surface area contributed by atoms with Crippen LogP contribution in [-0.4, -0.2) is 29.6 Å². The van der Waals surface area contributed by atoms with Crippen LogP contribution in [0.5, 0.6) is 0 Å². The highest BCUT2D eigenvalue weighted by Crippen LogP contribution is 2.73. The molecule has 1 fully saturated rings. The van der Waals surface area contributed by atoms with E-state index >= 15 is 0 Å². The van der Waals surface area contributed by atoms with Crippen molar-refractivity contribution in [1.82, 2.24) is 0 Å². The number of thiophene rings is 1. The van der Waals surface area contributed by atoms with Crippen LogP contribution >= 0.6 is 11.3 Å². The molecule has 0 aliphatic heterocycles. The highest BCUT2D eigenvalue weighted by Gasteiger charge is 3.01. The Labute approximate surface area is 131 Å². The van der Waals surface area contributed by atoms with Crippen LogP contribution in [0.25, 0.3) is 0 Å². The second-order valence-electron chi connectivity index (χ2n) is 4.86. The van der Waals surface area contributed by atoms with Gasteiger partial charge in [-0.05, 0) is 0 Å². The second kappa shape index (κ2) is 4.71. The summed E-state index contributed by atoms with van der Waals surface area (Å²) < 4.78 is 186. The first-order valence-electron chi connectivity index (χ1n) is 5.55. The van der Waals surface area contributed by atoms with Crippen LogP contribution in [0.15, 0.2) is 0 Å². The number of hydrogen-bond acceptors (Lipinski definition) is 1. The van der Waals surface area contributed by atoms with Crippen molar-refractivity contribution < 1.29 is 61.5 Å². The van der Waals surface area contributed by atoms with Crippen LogP contribution in [0, 0.1) is 16.8 Å². The van der Waals surface area contributed by atoms with Crippen molar-refractivity contribution >= 4 is 11.3 Å². The molecule has 2 rings (SSSR count). The Morgan fingerprint density at radius 1 is 0.480 bits per heavy atom. The lowest BCUT2D eigenvalue weighted by Crippen LogP contribution is -2.82. The first-order chi connectivity index (χ1) is 10.8. The summed E-state index contributed by atoms with van der Waals surface area (Å²) in [6.07, 6.45) is 0. The van der Waals surface area contributed by atoms with Crippen molar-refractivity contribution in [3.8, 4) is 0 Å². The smallest absolute Gasteiger partial charge is 0.224 e. The van der Waals surface area contributed by atoms with Crippen molar-refractivity contribution in [2.24, 2.45) is 0 Å². The monoisotopic (exact) mass is 418 g/mol. The summed E-state index contributed by atoms with van der Waals surface area (Å²) in [4.78, 5) is -3.26. The minimum Gasteiger partial charge on any atom is -0.224 e. The molecular weight excluding hydrogens is 418 g/mol. The summed E-state index contributed by atoms with van der Waals surface area (Å²) >= 11 is -1.61. The number of hydrogen-bond donors (Lipinski definition) is 0. The van der Waals surface area contributed by atoms with Crippen molar-refractivity contribution in [3.05, 3.63) is 21.6 Å². The summed E-state index contributed by atoms with van der Waals surface area (Å²) in [7, 11) is 0. The average molecular weight is 418 g/mol. The zero-order valence-corrected chi connectivity index (χ0v) is 11.5. The van der Waals surface area contributed by atoms with Crippen LogP contribution in [-0.2, 0) is 5.67 Å². The molecule has 25 heavy (non-hydrogen) atoms. The van der Waals surface area contributed by atoms with E-state index in [2.05, 4.69) is 0 Å². The van der Waals surface area contributed by atoms with Gasteiger partial charge in [0.1, 0.15) is 0 Å². The number of rotatable bonds is 1. The molecule has 0 aromatic carbocycles. The van der Waals surface area contributed by atoms with E-state index in [0.29, 0.717) is 0 Å². The van der Waals surface area contributed by atoms with E-state index in [4.69, 9.17) is 0 Å². The van der Waals surface area contributed by atoms with E-state index in [9.17, 15) is 61.5 Å². The summed E-state index contributed by atoms with van der Waals surface area (Å²) in [5.41, 5.74) is -6.89. The minimum absolute atomic E-state index is 1.61. The largest absolute Gasteiger partial charge is 0.384 e. The maximum atomic E-state index is 14.3. The molecule has 1 aromatic rings. The molecule has 1 heterocycles. The molecule has 144 valence electrons. The summed E-state index contributed by atoms with van der Waals surface area (Å²) in [6.45, 7) is 0. The Balaban J connectivity index is 2.99. The van der Waals surface area contributed by atoms with Gasteiger partial charge in [0.25, 0.3) is 5.67 Å². The Hall–Kier alpha value is -1.28. The van der Waals surface area contributed by atoms with E-state index in [1.165, 1.54) is 0 Å². The van der Waals surface area contributed by atoms with Crippen molar-refractivity contribution in [1.29, 1.82) is 0 Å². The maximum Gasteiger partial charge on any atom is 0.384 e. The molecular formula is C10F14S. The normalized spacial score (nSPS) is 27.9. The van der Waals surface area contributed by atoms with Gasteiger partial charge >= 0.3 is 29.6 Å². The highest BCUT2D eigenvalue weighted by atomic mass is 32.1. The van der Waals surface area contributed by atoms with Gasteiger partial charge in [-0.3, -0.25) is 0 Å². The summed E-state index contributed by atoms with van der Waals surface area (Å²) in [5, 5.41) is -2.64. The van der Waals surface area contributed by atoms with Gasteiger partial charge in [-0.15, -0.1) is 11.3 Å². The van der Waals surface area contributed by atoms with Gasteiger partial charge < -0.3 is 0 Å². The van der Waals surface area contributed by atoms with Gasteiger partial charge in [-0.2, -0.15) is 52.7 Å². The van der Waals surface area contributed by atoms with Crippen LogP contribution in [0.3, 0.4) is 0 Å². The van der Waals surface area contributed by atoms with E-state index < -0.39 is 68.3 Å². The molecule has 1 aromatic heterocycles. The molecule has 0 bridgehead atoms. The third-order valence-corrected chi connectivity index (χ3v) is 4.53. The lowest BCUT2D eigenvalue weighted by atomic mass is 9.71. The van der Waals surface area contributed by atoms with E-state index in [-0.39, 0.29) is 0 Å². The zero-order valence-electron chi connectivity index (χ0n) is 10.7. The third kappa shape index (κ3) is 1.75. The third-order valence-electron chi connectivity index (χ3n) is 3.51. The molecule has 0 saturated heterocycles. The predicted octanol–water partition coefficient (Wildman–Crippen LogP) is 5.52. The Kier molecular flexibility index (Phi) is 3.77. The maximum absolute atomic E-state index is 14.3. The SMILES string of the molecule is Fc1sc(C2(F)C(F)(F)C(F)(F)C(F)(F)C(F)(F)C2(F)F)c(F)c1F. The van der Waals surface area contributed by atoms with Crippen molar-refractivity contribution in [2.75, 3.05) is 0 Å². The fraction of sp³-hybridized carbons (Fsp3) is 0.600. The Morgan fingerprint density at radius 3 is 1.08 bits per heavy atom. The number of halogens is 14. The molecule has 0 N–H and O–H groups in total. The van der Waals surface area contributed by atoms with Gasteiger partial charge in [0.2, 0.25) is 10.9 Å².